The van der Waals surface area contributed by atoms with Crippen molar-refractivity contribution in [1.82, 2.24) is 20.4 Å². The number of nitrogens with zero attached hydrogens (tertiary/aromatic N) is 3. The Morgan fingerprint density at radius 2 is 2.44 bits per heavy atom. The monoisotopic (exact) mass is 264 g/mol. The minimum absolute atomic E-state index is 0.0410. The number of hydrogen-bond donors (Lipinski definition) is 1. The van der Waals surface area contributed by atoms with E-state index in [0.29, 0.717) is 31.4 Å². The SMILES string of the molecule is O=C1CN(Cc2nnc(-c3cccs3)o2)CCN1. The lowest BCUT2D eigenvalue weighted by molar-refractivity contribution is -0.124. The molecule has 7 heteroatoms. The van der Waals surface area contributed by atoms with Crippen molar-refractivity contribution >= 4 is 17.2 Å². The van der Waals surface area contributed by atoms with Gasteiger partial charge in [-0.25, -0.2) is 0 Å². The van der Waals surface area contributed by atoms with E-state index in [4.69, 9.17) is 4.42 Å². The van der Waals surface area contributed by atoms with Crippen molar-refractivity contribution in [1.29, 1.82) is 0 Å². The van der Waals surface area contributed by atoms with Crippen LogP contribution in [0.5, 0.6) is 0 Å². The van der Waals surface area contributed by atoms with Gasteiger partial charge in [0.2, 0.25) is 11.8 Å². The second-order valence-corrected chi connectivity index (χ2v) is 4.99. The first-order valence-electron chi connectivity index (χ1n) is 5.66. The lowest BCUT2D eigenvalue weighted by Crippen LogP contribution is -2.47. The molecule has 1 aliphatic heterocycles. The highest BCUT2D eigenvalue weighted by atomic mass is 32.1. The van der Waals surface area contributed by atoms with E-state index in [2.05, 4.69) is 15.5 Å². The molecule has 3 rings (SSSR count). The van der Waals surface area contributed by atoms with Gasteiger partial charge in [-0.05, 0) is 11.4 Å². The molecule has 0 saturated carbocycles. The smallest absolute Gasteiger partial charge is 0.257 e. The molecular formula is C11H12N4O2S. The van der Waals surface area contributed by atoms with Crippen molar-refractivity contribution in [3.63, 3.8) is 0 Å². The number of aromatic nitrogens is 2. The highest BCUT2D eigenvalue weighted by molar-refractivity contribution is 7.13. The maximum atomic E-state index is 11.2. The molecular weight excluding hydrogens is 252 g/mol. The molecule has 1 amide bonds. The number of carbonyl (C=O) groups is 1. The lowest BCUT2D eigenvalue weighted by Gasteiger charge is -2.24. The van der Waals surface area contributed by atoms with Crippen LogP contribution in [-0.4, -0.2) is 40.6 Å². The number of hydrogen-bond acceptors (Lipinski definition) is 6. The number of carbonyl (C=O) groups excluding carboxylic acids is 1. The summed E-state index contributed by atoms with van der Waals surface area (Å²) in [6.07, 6.45) is 0. The van der Waals surface area contributed by atoms with Crippen LogP contribution < -0.4 is 5.32 Å². The zero-order chi connectivity index (χ0) is 12.4. The Morgan fingerprint density at radius 3 is 3.22 bits per heavy atom. The molecule has 0 bridgehead atoms. The molecule has 0 aliphatic carbocycles. The van der Waals surface area contributed by atoms with Crippen molar-refractivity contribution in [2.45, 2.75) is 6.54 Å². The molecule has 2 aromatic heterocycles. The standard InChI is InChI=1S/C11H12N4O2S/c16-9-6-15(4-3-12-9)7-10-13-14-11(17-10)8-2-1-5-18-8/h1-2,5H,3-4,6-7H2,(H,12,16). The van der Waals surface area contributed by atoms with Crippen molar-refractivity contribution < 1.29 is 9.21 Å². The molecule has 0 unspecified atom stereocenters. The Kier molecular flexibility index (Phi) is 3.07. The largest absolute Gasteiger partial charge is 0.419 e. The minimum Gasteiger partial charge on any atom is -0.419 e. The van der Waals surface area contributed by atoms with E-state index in [1.54, 1.807) is 11.3 Å². The fourth-order valence-electron chi connectivity index (χ4n) is 1.84. The number of rotatable bonds is 3. The molecule has 1 aliphatic rings. The molecule has 0 atom stereocenters. The van der Waals surface area contributed by atoms with Crippen LogP contribution in [0.25, 0.3) is 10.8 Å². The maximum absolute atomic E-state index is 11.2. The van der Waals surface area contributed by atoms with Crippen LogP contribution >= 0.6 is 11.3 Å². The molecule has 0 radical (unpaired) electrons. The molecule has 3 heterocycles. The van der Waals surface area contributed by atoms with Crippen LogP contribution in [0.15, 0.2) is 21.9 Å². The van der Waals surface area contributed by atoms with E-state index in [-0.39, 0.29) is 5.91 Å². The first-order valence-corrected chi connectivity index (χ1v) is 6.54. The second-order valence-electron chi connectivity index (χ2n) is 4.04. The third-order valence-electron chi connectivity index (χ3n) is 2.68. The molecule has 0 spiro atoms. The Hall–Kier alpha value is -1.73. The fraction of sp³-hybridized carbons (Fsp3) is 0.364. The van der Waals surface area contributed by atoms with E-state index in [9.17, 15) is 4.79 Å². The summed E-state index contributed by atoms with van der Waals surface area (Å²) in [5.41, 5.74) is 0. The van der Waals surface area contributed by atoms with Gasteiger partial charge < -0.3 is 9.73 Å². The second kappa shape index (κ2) is 4.87. The normalized spacial score (nSPS) is 16.8. The van der Waals surface area contributed by atoms with Crippen LogP contribution in [0.3, 0.4) is 0 Å². The summed E-state index contributed by atoms with van der Waals surface area (Å²) in [4.78, 5) is 14.2. The van der Waals surface area contributed by atoms with Gasteiger partial charge in [0, 0.05) is 13.1 Å². The number of piperazine rings is 1. The van der Waals surface area contributed by atoms with Gasteiger partial charge in [-0.2, -0.15) is 0 Å². The average Bonchev–Trinajstić information content (AvgIpc) is 2.98. The lowest BCUT2D eigenvalue weighted by atomic mass is 10.3. The van der Waals surface area contributed by atoms with E-state index in [1.165, 1.54) is 0 Å². The summed E-state index contributed by atoms with van der Waals surface area (Å²) in [5.74, 6) is 1.13. The molecule has 0 aromatic carbocycles. The predicted molar refractivity (Wildman–Crippen MR) is 65.9 cm³/mol. The summed E-state index contributed by atoms with van der Waals surface area (Å²) < 4.78 is 5.58. The maximum Gasteiger partial charge on any atom is 0.257 e. The van der Waals surface area contributed by atoms with E-state index >= 15 is 0 Å². The van der Waals surface area contributed by atoms with Gasteiger partial charge in [0.05, 0.1) is 18.0 Å². The third-order valence-corrected chi connectivity index (χ3v) is 3.53. The van der Waals surface area contributed by atoms with Crippen LogP contribution in [-0.2, 0) is 11.3 Å². The quantitative estimate of drug-likeness (QED) is 0.885. The Bertz CT molecular complexity index is 537. The number of amides is 1. The zero-order valence-corrected chi connectivity index (χ0v) is 10.4. The summed E-state index contributed by atoms with van der Waals surface area (Å²) in [7, 11) is 0. The van der Waals surface area contributed by atoms with E-state index in [0.717, 1.165) is 11.4 Å². The van der Waals surface area contributed by atoms with Crippen LogP contribution in [0, 0.1) is 0 Å². The first-order chi connectivity index (χ1) is 8.81. The van der Waals surface area contributed by atoms with Crippen LogP contribution in [0.2, 0.25) is 0 Å². The molecule has 2 aromatic rings. The van der Waals surface area contributed by atoms with Crippen molar-refractivity contribution in [2.75, 3.05) is 19.6 Å². The minimum atomic E-state index is 0.0410. The van der Waals surface area contributed by atoms with Gasteiger partial charge >= 0.3 is 0 Å². The third kappa shape index (κ3) is 2.41. The first kappa shape index (κ1) is 11.4. The number of nitrogens with one attached hydrogen (secondary N) is 1. The Labute approximate surface area is 108 Å². The highest BCUT2D eigenvalue weighted by Gasteiger charge is 2.19. The Balaban J connectivity index is 1.68. The van der Waals surface area contributed by atoms with Crippen molar-refractivity contribution in [3.05, 3.63) is 23.4 Å². The van der Waals surface area contributed by atoms with Crippen molar-refractivity contribution in [3.8, 4) is 10.8 Å². The molecule has 94 valence electrons. The molecule has 6 nitrogen and oxygen atoms in total. The average molecular weight is 264 g/mol. The topological polar surface area (TPSA) is 71.3 Å². The van der Waals surface area contributed by atoms with Gasteiger partial charge in [-0.15, -0.1) is 21.5 Å². The summed E-state index contributed by atoms with van der Waals surface area (Å²) in [6, 6.07) is 3.88. The Morgan fingerprint density at radius 1 is 1.50 bits per heavy atom. The molecule has 1 N–H and O–H groups in total. The summed E-state index contributed by atoms with van der Waals surface area (Å²) in [5, 5.41) is 12.8. The number of thiophene rings is 1. The van der Waals surface area contributed by atoms with Gasteiger partial charge in [0.15, 0.2) is 0 Å². The molecule has 1 saturated heterocycles. The molecule has 18 heavy (non-hydrogen) atoms. The fourth-order valence-corrected chi connectivity index (χ4v) is 2.48. The predicted octanol–water partition coefficient (Wildman–Crippen LogP) is 0.730. The zero-order valence-electron chi connectivity index (χ0n) is 9.63. The van der Waals surface area contributed by atoms with Gasteiger partial charge in [-0.1, -0.05) is 6.07 Å². The van der Waals surface area contributed by atoms with Gasteiger partial charge in [0.1, 0.15) is 0 Å². The van der Waals surface area contributed by atoms with Gasteiger partial charge in [-0.3, -0.25) is 9.69 Å². The van der Waals surface area contributed by atoms with E-state index < -0.39 is 0 Å². The van der Waals surface area contributed by atoms with Crippen molar-refractivity contribution in [2.24, 2.45) is 0 Å². The summed E-state index contributed by atoms with van der Waals surface area (Å²) in [6.45, 7) is 2.38. The van der Waals surface area contributed by atoms with E-state index in [1.807, 2.05) is 22.4 Å². The highest BCUT2D eigenvalue weighted by Crippen LogP contribution is 2.23. The van der Waals surface area contributed by atoms with Crippen LogP contribution in [0.4, 0.5) is 0 Å². The summed E-state index contributed by atoms with van der Waals surface area (Å²) >= 11 is 1.56. The van der Waals surface area contributed by atoms with Crippen LogP contribution in [0.1, 0.15) is 5.89 Å². The molecule has 1 fully saturated rings. The van der Waals surface area contributed by atoms with Gasteiger partial charge in [0.25, 0.3) is 5.89 Å².